The molecule has 0 aromatic rings. The highest BCUT2D eigenvalue weighted by Crippen LogP contribution is 2.38. The van der Waals surface area contributed by atoms with Gasteiger partial charge in [0, 0.05) is 31.2 Å². The van der Waals surface area contributed by atoms with Gasteiger partial charge in [0.05, 0.1) is 0 Å². The van der Waals surface area contributed by atoms with Crippen LogP contribution in [0.15, 0.2) is 0 Å². The zero-order chi connectivity index (χ0) is 12.5. The van der Waals surface area contributed by atoms with E-state index in [0.717, 1.165) is 12.1 Å². The van der Waals surface area contributed by atoms with Crippen LogP contribution in [0.25, 0.3) is 0 Å². The van der Waals surface area contributed by atoms with Crippen molar-refractivity contribution in [2.75, 3.05) is 13.1 Å². The fraction of sp³-hybridized carbons (Fsp3) is 1.00. The first-order valence-corrected chi connectivity index (χ1v) is 7.51. The van der Waals surface area contributed by atoms with Crippen molar-refractivity contribution in [1.29, 1.82) is 0 Å². The highest BCUT2D eigenvalue weighted by Gasteiger charge is 2.36. The highest BCUT2D eigenvalue weighted by atomic mass is 15.3. The molecule has 0 aromatic heterocycles. The predicted octanol–water partition coefficient (Wildman–Crippen LogP) is 3.03. The van der Waals surface area contributed by atoms with Gasteiger partial charge in [-0.2, -0.15) is 0 Å². The first kappa shape index (κ1) is 13.4. The minimum Gasteiger partial charge on any atom is -0.311 e. The molecule has 1 N–H and O–H groups in total. The maximum absolute atomic E-state index is 3.63. The molecular formula is C15H30N2. The molecule has 1 heterocycles. The Balaban J connectivity index is 2.02. The van der Waals surface area contributed by atoms with Crippen LogP contribution in [0.3, 0.4) is 0 Å². The van der Waals surface area contributed by atoms with Crippen LogP contribution < -0.4 is 5.32 Å². The summed E-state index contributed by atoms with van der Waals surface area (Å²) in [4.78, 5) is 2.82. The number of rotatable bonds is 2. The molecule has 0 spiro atoms. The summed E-state index contributed by atoms with van der Waals surface area (Å²) < 4.78 is 0. The molecule has 0 radical (unpaired) electrons. The first-order chi connectivity index (χ1) is 8.02. The smallest absolute Gasteiger partial charge is 0.0221 e. The van der Waals surface area contributed by atoms with Crippen molar-refractivity contribution in [1.82, 2.24) is 10.2 Å². The summed E-state index contributed by atoms with van der Waals surface area (Å²) in [7, 11) is 0. The largest absolute Gasteiger partial charge is 0.311 e. The van der Waals surface area contributed by atoms with Gasteiger partial charge >= 0.3 is 0 Å². The predicted molar refractivity (Wildman–Crippen MR) is 74.3 cm³/mol. The van der Waals surface area contributed by atoms with Crippen molar-refractivity contribution in [3.05, 3.63) is 0 Å². The van der Waals surface area contributed by atoms with Gasteiger partial charge in [-0.05, 0) is 38.0 Å². The van der Waals surface area contributed by atoms with Crippen molar-refractivity contribution in [3.8, 4) is 0 Å². The van der Waals surface area contributed by atoms with E-state index in [2.05, 4.69) is 37.9 Å². The highest BCUT2D eigenvalue weighted by molar-refractivity contribution is 4.92. The second-order valence-electron chi connectivity index (χ2n) is 6.98. The van der Waals surface area contributed by atoms with E-state index in [1.165, 1.54) is 45.2 Å². The van der Waals surface area contributed by atoms with Crippen LogP contribution >= 0.6 is 0 Å². The molecule has 100 valence electrons. The summed E-state index contributed by atoms with van der Waals surface area (Å²) in [6, 6.07) is 2.28. The molecular weight excluding hydrogens is 208 g/mol. The Morgan fingerprint density at radius 1 is 1.35 bits per heavy atom. The van der Waals surface area contributed by atoms with E-state index in [1.807, 2.05) is 0 Å². The summed E-state index contributed by atoms with van der Waals surface area (Å²) in [5.74, 6) is 0. The van der Waals surface area contributed by atoms with Crippen molar-refractivity contribution >= 4 is 0 Å². The standard InChI is InChI=1S/C15H30N2/c1-5-13-10-16-12(2)11-17(13)14-7-6-8-15(3,4)9-14/h12-14,16H,5-11H2,1-4H3. The van der Waals surface area contributed by atoms with Crippen LogP contribution in [-0.4, -0.2) is 36.1 Å². The van der Waals surface area contributed by atoms with Crippen LogP contribution in [0, 0.1) is 5.41 Å². The summed E-state index contributed by atoms with van der Waals surface area (Å²) in [6.45, 7) is 12.0. The average Bonchev–Trinajstić information content (AvgIpc) is 2.27. The molecule has 0 bridgehead atoms. The van der Waals surface area contributed by atoms with Crippen LogP contribution in [-0.2, 0) is 0 Å². The van der Waals surface area contributed by atoms with E-state index >= 15 is 0 Å². The lowest BCUT2D eigenvalue weighted by Crippen LogP contribution is -2.59. The van der Waals surface area contributed by atoms with Gasteiger partial charge in [-0.15, -0.1) is 0 Å². The van der Waals surface area contributed by atoms with E-state index in [4.69, 9.17) is 0 Å². The molecule has 3 atom stereocenters. The Hall–Kier alpha value is -0.0800. The van der Waals surface area contributed by atoms with Gasteiger partial charge < -0.3 is 5.32 Å². The number of nitrogens with zero attached hydrogens (tertiary/aromatic N) is 1. The Morgan fingerprint density at radius 3 is 2.76 bits per heavy atom. The topological polar surface area (TPSA) is 15.3 Å². The third-order valence-corrected chi connectivity index (χ3v) is 4.78. The van der Waals surface area contributed by atoms with E-state index in [0.29, 0.717) is 11.5 Å². The molecule has 1 saturated heterocycles. The SMILES string of the molecule is CCC1CNC(C)CN1C1CCCC(C)(C)C1. The Bertz CT molecular complexity index is 249. The Kier molecular flexibility index (Phi) is 4.14. The van der Waals surface area contributed by atoms with E-state index in [9.17, 15) is 0 Å². The molecule has 2 rings (SSSR count). The number of nitrogens with one attached hydrogen (secondary N) is 1. The molecule has 1 aliphatic heterocycles. The van der Waals surface area contributed by atoms with E-state index in [-0.39, 0.29) is 0 Å². The van der Waals surface area contributed by atoms with Gasteiger partial charge in [0.15, 0.2) is 0 Å². The fourth-order valence-electron chi connectivity index (χ4n) is 3.75. The van der Waals surface area contributed by atoms with Crippen molar-refractivity contribution in [3.63, 3.8) is 0 Å². The molecule has 3 unspecified atom stereocenters. The molecule has 17 heavy (non-hydrogen) atoms. The second-order valence-corrected chi connectivity index (χ2v) is 6.98. The monoisotopic (exact) mass is 238 g/mol. The Morgan fingerprint density at radius 2 is 2.12 bits per heavy atom. The fourth-order valence-corrected chi connectivity index (χ4v) is 3.75. The van der Waals surface area contributed by atoms with Crippen LogP contribution in [0.2, 0.25) is 0 Å². The maximum Gasteiger partial charge on any atom is 0.0221 e. The van der Waals surface area contributed by atoms with Gasteiger partial charge in [0.25, 0.3) is 0 Å². The number of piperazine rings is 1. The summed E-state index contributed by atoms with van der Waals surface area (Å²) in [6.07, 6.45) is 6.95. The normalized spacial score (nSPS) is 39.2. The summed E-state index contributed by atoms with van der Waals surface area (Å²) in [5, 5.41) is 3.63. The van der Waals surface area contributed by atoms with Gasteiger partial charge in [0.2, 0.25) is 0 Å². The second kappa shape index (κ2) is 5.27. The van der Waals surface area contributed by atoms with Crippen molar-refractivity contribution < 1.29 is 0 Å². The zero-order valence-corrected chi connectivity index (χ0v) is 12.1. The summed E-state index contributed by atoms with van der Waals surface area (Å²) >= 11 is 0. The van der Waals surface area contributed by atoms with Gasteiger partial charge in [-0.1, -0.05) is 27.2 Å². The van der Waals surface area contributed by atoms with Crippen molar-refractivity contribution in [2.24, 2.45) is 5.41 Å². The van der Waals surface area contributed by atoms with Gasteiger partial charge in [-0.3, -0.25) is 4.90 Å². The maximum atomic E-state index is 3.63. The molecule has 2 fully saturated rings. The van der Waals surface area contributed by atoms with Crippen molar-refractivity contribution in [2.45, 2.75) is 77.9 Å². The lowest BCUT2D eigenvalue weighted by molar-refractivity contribution is 0.0322. The molecule has 2 heteroatoms. The third kappa shape index (κ3) is 3.23. The van der Waals surface area contributed by atoms with Crippen LogP contribution in [0.1, 0.15) is 59.8 Å². The molecule has 1 aliphatic carbocycles. The van der Waals surface area contributed by atoms with E-state index in [1.54, 1.807) is 0 Å². The Labute approximate surface area is 107 Å². The zero-order valence-electron chi connectivity index (χ0n) is 12.1. The van der Waals surface area contributed by atoms with Crippen LogP contribution in [0.5, 0.6) is 0 Å². The lowest BCUT2D eigenvalue weighted by atomic mass is 9.74. The lowest BCUT2D eigenvalue weighted by Gasteiger charge is -2.48. The minimum atomic E-state index is 0.565. The van der Waals surface area contributed by atoms with Gasteiger partial charge in [-0.25, -0.2) is 0 Å². The van der Waals surface area contributed by atoms with Crippen LogP contribution in [0.4, 0.5) is 0 Å². The molecule has 0 aromatic carbocycles. The number of hydrogen-bond donors (Lipinski definition) is 1. The van der Waals surface area contributed by atoms with Gasteiger partial charge in [0.1, 0.15) is 0 Å². The first-order valence-electron chi connectivity index (χ1n) is 7.51. The molecule has 1 saturated carbocycles. The minimum absolute atomic E-state index is 0.565. The quantitative estimate of drug-likeness (QED) is 0.795. The molecule has 0 amide bonds. The summed E-state index contributed by atoms with van der Waals surface area (Å²) in [5.41, 5.74) is 0.565. The average molecular weight is 238 g/mol. The van der Waals surface area contributed by atoms with E-state index < -0.39 is 0 Å². The molecule has 2 aliphatic rings. The number of hydrogen-bond acceptors (Lipinski definition) is 2. The molecule has 2 nitrogen and oxygen atoms in total. The third-order valence-electron chi connectivity index (χ3n) is 4.78.